The van der Waals surface area contributed by atoms with Gasteiger partial charge in [-0.25, -0.2) is 0 Å². The third kappa shape index (κ3) is 2.29. The van der Waals surface area contributed by atoms with Crippen molar-refractivity contribution in [1.29, 1.82) is 5.26 Å². The first-order valence-corrected chi connectivity index (χ1v) is 5.50. The second kappa shape index (κ2) is 4.56. The largest absolute Gasteiger partial charge is 0.352 e. The van der Waals surface area contributed by atoms with Crippen molar-refractivity contribution in [3.05, 3.63) is 29.3 Å². The first-order valence-electron chi connectivity index (χ1n) is 5.50. The Morgan fingerprint density at radius 2 is 2.24 bits per heavy atom. The predicted molar refractivity (Wildman–Crippen MR) is 63.6 cm³/mol. The summed E-state index contributed by atoms with van der Waals surface area (Å²) in [7, 11) is 0. The third-order valence-electron chi connectivity index (χ3n) is 2.84. The molecule has 4 heteroatoms. The van der Waals surface area contributed by atoms with Crippen LogP contribution in [0.1, 0.15) is 11.1 Å². The van der Waals surface area contributed by atoms with Gasteiger partial charge in [-0.3, -0.25) is 4.79 Å². The van der Waals surface area contributed by atoms with Crippen LogP contribution in [0.3, 0.4) is 0 Å². The fourth-order valence-electron chi connectivity index (χ4n) is 1.99. The molecule has 1 aliphatic rings. The lowest BCUT2D eigenvalue weighted by Gasteiger charge is -2.30. The summed E-state index contributed by atoms with van der Waals surface area (Å²) < 4.78 is 5.10. The van der Waals surface area contributed by atoms with E-state index in [1.807, 2.05) is 38.1 Å². The number of anilines is 1. The van der Waals surface area contributed by atoms with Gasteiger partial charge in [0.05, 0.1) is 12.6 Å². The molecule has 1 atom stereocenters. The van der Waals surface area contributed by atoms with Crippen LogP contribution in [-0.2, 0) is 9.53 Å². The highest BCUT2D eigenvalue weighted by Gasteiger charge is 2.27. The molecule has 0 radical (unpaired) electrons. The Morgan fingerprint density at radius 3 is 2.88 bits per heavy atom. The molecule has 1 fully saturated rings. The van der Waals surface area contributed by atoms with Gasteiger partial charge in [0.15, 0.2) is 6.10 Å². The summed E-state index contributed by atoms with van der Waals surface area (Å²) in [6.45, 7) is 4.26. The van der Waals surface area contributed by atoms with Gasteiger partial charge in [0.25, 0.3) is 5.91 Å². The van der Waals surface area contributed by atoms with Gasteiger partial charge in [0.1, 0.15) is 6.61 Å². The molecule has 0 bridgehead atoms. The molecule has 0 saturated carbocycles. The highest BCUT2D eigenvalue weighted by atomic mass is 16.5. The Morgan fingerprint density at radius 1 is 1.47 bits per heavy atom. The zero-order valence-electron chi connectivity index (χ0n) is 9.93. The Kier molecular flexibility index (Phi) is 3.12. The van der Waals surface area contributed by atoms with E-state index in [9.17, 15) is 4.79 Å². The summed E-state index contributed by atoms with van der Waals surface area (Å²) in [5.41, 5.74) is 3.06. The minimum atomic E-state index is -0.534. The molecule has 4 nitrogen and oxygen atoms in total. The zero-order valence-corrected chi connectivity index (χ0v) is 9.93. The predicted octanol–water partition coefficient (Wildman–Crippen LogP) is 1.56. The second-order valence-electron chi connectivity index (χ2n) is 4.22. The zero-order chi connectivity index (χ0) is 12.4. The van der Waals surface area contributed by atoms with E-state index in [0.717, 1.165) is 16.8 Å². The summed E-state index contributed by atoms with van der Waals surface area (Å²) in [6.07, 6.45) is -0.534. The number of nitriles is 1. The average Bonchev–Trinajstić information content (AvgIpc) is 2.30. The van der Waals surface area contributed by atoms with Gasteiger partial charge in [0.2, 0.25) is 0 Å². The number of benzene rings is 1. The number of morpholine rings is 1. The quantitative estimate of drug-likeness (QED) is 0.735. The number of rotatable bonds is 1. The van der Waals surface area contributed by atoms with Crippen molar-refractivity contribution in [2.45, 2.75) is 20.0 Å². The molecular weight excluding hydrogens is 216 g/mol. The molecule has 2 rings (SSSR count). The van der Waals surface area contributed by atoms with E-state index in [2.05, 4.69) is 0 Å². The topological polar surface area (TPSA) is 53.3 Å². The number of hydrogen-bond acceptors (Lipinski definition) is 3. The Balaban J connectivity index is 2.31. The molecule has 1 aliphatic heterocycles. The second-order valence-corrected chi connectivity index (χ2v) is 4.22. The molecule has 88 valence electrons. The summed E-state index contributed by atoms with van der Waals surface area (Å²) in [5, 5.41) is 8.84. The number of amides is 1. The van der Waals surface area contributed by atoms with E-state index in [-0.39, 0.29) is 12.5 Å². The van der Waals surface area contributed by atoms with Gasteiger partial charge in [-0.1, -0.05) is 17.7 Å². The molecule has 1 heterocycles. The number of aryl methyl sites for hydroxylation is 2. The van der Waals surface area contributed by atoms with Crippen LogP contribution >= 0.6 is 0 Å². The highest BCUT2D eigenvalue weighted by molar-refractivity contribution is 5.95. The summed E-state index contributed by atoms with van der Waals surface area (Å²) in [5.74, 6) is -0.0940. The maximum atomic E-state index is 11.8. The monoisotopic (exact) mass is 230 g/mol. The van der Waals surface area contributed by atoms with Crippen LogP contribution in [-0.4, -0.2) is 25.2 Å². The summed E-state index contributed by atoms with van der Waals surface area (Å²) in [4.78, 5) is 13.4. The fourth-order valence-corrected chi connectivity index (χ4v) is 1.99. The van der Waals surface area contributed by atoms with Gasteiger partial charge < -0.3 is 9.64 Å². The number of hydrogen-bond donors (Lipinski definition) is 0. The molecule has 1 aromatic carbocycles. The van der Waals surface area contributed by atoms with Crippen LogP contribution in [0.2, 0.25) is 0 Å². The van der Waals surface area contributed by atoms with E-state index in [4.69, 9.17) is 10.00 Å². The van der Waals surface area contributed by atoms with Crippen molar-refractivity contribution in [2.75, 3.05) is 18.1 Å². The van der Waals surface area contributed by atoms with E-state index in [0.29, 0.717) is 6.54 Å². The first kappa shape index (κ1) is 11.6. The number of carbonyl (C=O) groups is 1. The van der Waals surface area contributed by atoms with Gasteiger partial charge in [-0.2, -0.15) is 5.26 Å². The van der Waals surface area contributed by atoms with E-state index >= 15 is 0 Å². The maximum Gasteiger partial charge on any atom is 0.253 e. The SMILES string of the molecule is Cc1ccc(N2CC(C#N)OCC2=O)c(C)c1. The number of carbonyl (C=O) groups excluding carboxylic acids is 1. The first-order chi connectivity index (χ1) is 8.11. The third-order valence-corrected chi connectivity index (χ3v) is 2.84. The fraction of sp³-hybridized carbons (Fsp3) is 0.385. The molecule has 0 aromatic heterocycles. The van der Waals surface area contributed by atoms with Crippen molar-refractivity contribution in [1.82, 2.24) is 0 Å². The smallest absolute Gasteiger partial charge is 0.253 e. The average molecular weight is 230 g/mol. The lowest BCUT2D eigenvalue weighted by Crippen LogP contribution is -2.46. The van der Waals surface area contributed by atoms with Crippen molar-refractivity contribution in [2.24, 2.45) is 0 Å². The normalized spacial score (nSPS) is 20.2. The van der Waals surface area contributed by atoms with Crippen molar-refractivity contribution < 1.29 is 9.53 Å². The van der Waals surface area contributed by atoms with E-state index in [1.54, 1.807) is 4.90 Å². The van der Waals surface area contributed by atoms with Crippen LogP contribution < -0.4 is 4.90 Å². The van der Waals surface area contributed by atoms with Crippen LogP contribution in [0, 0.1) is 25.2 Å². The molecule has 1 amide bonds. The number of nitrogens with zero attached hydrogens (tertiary/aromatic N) is 2. The Hall–Kier alpha value is -1.86. The molecule has 1 aromatic rings. The molecule has 0 N–H and O–H groups in total. The molecular formula is C13H14N2O2. The standard InChI is InChI=1S/C13H14N2O2/c1-9-3-4-12(10(2)5-9)15-7-11(6-14)17-8-13(15)16/h3-5,11H,7-8H2,1-2H3. The van der Waals surface area contributed by atoms with Crippen molar-refractivity contribution in [3.63, 3.8) is 0 Å². The molecule has 0 aliphatic carbocycles. The minimum Gasteiger partial charge on any atom is -0.352 e. The Bertz CT molecular complexity index is 491. The van der Waals surface area contributed by atoms with Crippen LogP contribution in [0.4, 0.5) is 5.69 Å². The summed E-state index contributed by atoms with van der Waals surface area (Å²) >= 11 is 0. The van der Waals surface area contributed by atoms with Crippen molar-refractivity contribution in [3.8, 4) is 6.07 Å². The van der Waals surface area contributed by atoms with E-state index in [1.165, 1.54) is 0 Å². The Labute approximate surface area is 100 Å². The molecule has 1 saturated heterocycles. The molecule has 0 spiro atoms. The summed E-state index contributed by atoms with van der Waals surface area (Å²) in [6, 6.07) is 7.95. The lowest BCUT2D eigenvalue weighted by atomic mass is 10.1. The van der Waals surface area contributed by atoms with Gasteiger partial charge in [-0.05, 0) is 25.5 Å². The lowest BCUT2D eigenvalue weighted by molar-refractivity contribution is -0.127. The van der Waals surface area contributed by atoms with Gasteiger partial charge >= 0.3 is 0 Å². The molecule has 1 unspecified atom stereocenters. The molecule has 17 heavy (non-hydrogen) atoms. The highest BCUT2D eigenvalue weighted by Crippen LogP contribution is 2.23. The van der Waals surface area contributed by atoms with Crippen LogP contribution in [0.25, 0.3) is 0 Å². The van der Waals surface area contributed by atoms with Gasteiger partial charge in [-0.15, -0.1) is 0 Å². The minimum absolute atomic E-state index is 0.0223. The van der Waals surface area contributed by atoms with Crippen molar-refractivity contribution >= 4 is 11.6 Å². The van der Waals surface area contributed by atoms with E-state index < -0.39 is 6.10 Å². The number of ether oxygens (including phenoxy) is 1. The van der Waals surface area contributed by atoms with Gasteiger partial charge in [0, 0.05) is 5.69 Å². The maximum absolute atomic E-state index is 11.8. The van der Waals surface area contributed by atoms with Crippen LogP contribution in [0.5, 0.6) is 0 Å². The van der Waals surface area contributed by atoms with Crippen LogP contribution in [0.15, 0.2) is 18.2 Å².